The molecule has 15 heteroatoms. The van der Waals surface area contributed by atoms with Crippen LogP contribution in [0, 0.1) is 0 Å². The highest BCUT2D eigenvalue weighted by Gasteiger charge is 2.44. The van der Waals surface area contributed by atoms with Crippen LogP contribution in [0.15, 0.2) is 24.3 Å². The number of aliphatic hydroxyl groups excluding tert-OH is 4. The van der Waals surface area contributed by atoms with Gasteiger partial charge in [0.25, 0.3) is 0 Å². The predicted octanol–water partition coefficient (Wildman–Crippen LogP) is -2.65. The third-order valence-corrected chi connectivity index (χ3v) is 6.09. The molecule has 1 fully saturated rings. The van der Waals surface area contributed by atoms with E-state index in [9.17, 15) is 34.5 Å². The number of nitrogens with one attached hydrogen (secondary N) is 3. The first-order valence-corrected chi connectivity index (χ1v) is 13.4. The molecule has 0 saturated carbocycles. The molecule has 0 radical (unpaired) electrons. The van der Waals surface area contributed by atoms with Crippen molar-refractivity contribution in [3.8, 4) is 0 Å². The second-order valence-corrected chi connectivity index (χ2v) is 9.88. The second-order valence-electron chi connectivity index (χ2n) is 9.88. The zero-order valence-electron chi connectivity index (χ0n) is 23.8. The molecular formula is C26H47N5O10. The van der Waals surface area contributed by atoms with E-state index in [1.54, 1.807) is 13.8 Å². The quantitative estimate of drug-likeness (QED) is 0.0653. The van der Waals surface area contributed by atoms with Crippen molar-refractivity contribution < 1.29 is 49.4 Å². The smallest absolute Gasteiger partial charge is 0.320 e. The summed E-state index contributed by atoms with van der Waals surface area (Å²) in [5.41, 5.74) is 12.0. The maximum Gasteiger partial charge on any atom is 0.320 e. The fraction of sp³-hybridized carbons (Fsp3) is 0.692. The van der Waals surface area contributed by atoms with Crippen LogP contribution in [0.25, 0.3) is 0 Å². The third kappa shape index (κ3) is 15.0. The minimum atomic E-state index is -1.58. The van der Waals surface area contributed by atoms with Crippen LogP contribution in [0.1, 0.15) is 52.4 Å². The van der Waals surface area contributed by atoms with E-state index in [0.29, 0.717) is 56.3 Å². The number of carbonyl (C=O) groups is 4. The van der Waals surface area contributed by atoms with Crippen molar-refractivity contribution in [1.82, 2.24) is 16.0 Å². The van der Waals surface area contributed by atoms with Crippen LogP contribution in [0.5, 0.6) is 0 Å². The van der Waals surface area contributed by atoms with Crippen LogP contribution in [0.4, 0.5) is 0 Å². The van der Waals surface area contributed by atoms with E-state index in [-0.39, 0.29) is 11.8 Å². The van der Waals surface area contributed by atoms with Gasteiger partial charge in [-0.25, -0.2) is 0 Å². The number of hydrogen-bond acceptors (Lipinski definition) is 11. The maximum atomic E-state index is 12.1. The molecule has 0 aromatic carbocycles. The van der Waals surface area contributed by atoms with Gasteiger partial charge in [-0.1, -0.05) is 13.2 Å². The molecule has 236 valence electrons. The highest BCUT2D eigenvalue weighted by Crippen LogP contribution is 2.20. The average molecular weight is 590 g/mol. The summed E-state index contributed by atoms with van der Waals surface area (Å²) in [5, 5.41) is 54.8. The number of nitrogens with two attached hydrogens (primary N) is 2. The first-order valence-electron chi connectivity index (χ1n) is 13.4. The van der Waals surface area contributed by atoms with Crippen LogP contribution in [-0.2, 0) is 23.9 Å². The molecule has 3 amide bonds. The summed E-state index contributed by atoms with van der Waals surface area (Å²) in [6.45, 7) is 10.6. The molecule has 1 aliphatic rings. The van der Waals surface area contributed by atoms with Gasteiger partial charge < -0.3 is 57.7 Å². The summed E-state index contributed by atoms with van der Waals surface area (Å²) in [6.07, 6.45) is -2.33. The zero-order chi connectivity index (χ0) is 31.7. The van der Waals surface area contributed by atoms with E-state index < -0.39 is 61.2 Å². The van der Waals surface area contributed by atoms with Crippen molar-refractivity contribution in [1.29, 1.82) is 0 Å². The van der Waals surface area contributed by atoms with Crippen LogP contribution in [0.2, 0.25) is 0 Å². The molecule has 0 aliphatic carbocycles. The number of unbranched alkanes of at least 4 members (excludes halogenated alkanes) is 2. The molecule has 7 atom stereocenters. The molecular weight excluding hydrogens is 542 g/mol. The Labute approximate surface area is 240 Å². The molecule has 12 N–H and O–H groups in total. The fourth-order valence-electron chi connectivity index (χ4n) is 3.46. The highest BCUT2D eigenvalue weighted by molar-refractivity contribution is 5.92. The monoisotopic (exact) mass is 589 g/mol. The Hall–Kier alpha value is -2.92. The third-order valence-electron chi connectivity index (χ3n) is 6.09. The van der Waals surface area contributed by atoms with Crippen molar-refractivity contribution in [2.45, 2.75) is 95.1 Å². The van der Waals surface area contributed by atoms with E-state index in [2.05, 4.69) is 29.1 Å². The number of aliphatic carboxylic acids is 1. The topological polar surface area (TPSA) is 267 Å². The highest BCUT2D eigenvalue weighted by atomic mass is 16.6. The van der Waals surface area contributed by atoms with Gasteiger partial charge in [0, 0.05) is 24.2 Å². The summed E-state index contributed by atoms with van der Waals surface area (Å²) in [7, 11) is 0. The van der Waals surface area contributed by atoms with E-state index in [0.717, 1.165) is 6.42 Å². The van der Waals surface area contributed by atoms with E-state index in [1.165, 1.54) is 0 Å². The first-order chi connectivity index (χ1) is 19.1. The lowest BCUT2D eigenvalue weighted by atomic mass is 9.96. The Bertz CT molecular complexity index is 887. The number of carboxylic acid groups (broad SMARTS) is 1. The number of carboxylic acids is 1. The molecule has 1 rings (SSSR count). The van der Waals surface area contributed by atoms with Gasteiger partial charge in [-0.05, 0) is 52.4 Å². The van der Waals surface area contributed by atoms with Gasteiger partial charge in [0.15, 0.2) is 6.29 Å². The van der Waals surface area contributed by atoms with Crippen molar-refractivity contribution in [3.63, 3.8) is 0 Å². The molecule has 0 bridgehead atoms. The first kappa shape index (κ1) is 38.1. The zero-order valence-corrected chi connectivity index (χ0v) is 23.8. The molecule has 0 spiro atoms. The molecule has 1 saturated heterocycles. The summed E-state index contributed by atoms with van der Waals surface area (Å²) < 4.78 is 4.96. The molecule has 15 nitrogen and oxygen atoms in total. The minimum absolute atomic E-state index is 0.169. The van der Waals surface area contributed by atoms with Gasteiger partial charge in [-0.15, -0.1) is 0 Å². The molecule has 3 unspecified atom stereocenters. The fourth-order valence-corrected chi connectivity index (χ4v) is 3.46. The number of rotatable bonds is 16. The van der Waals surface area contributed by atoms with E-state index in [1.807, 2.05) is 0 Å². The Morgan fingerprint density at radius 2 is 1.29 bits per heavy atom. The summed E-state index contributed by atoms with van der Waals surface area (Å²) >= 11 is 0. The lowest BCUT2D eigenvalue weighted by Crippen LogP contribution is -2.65. The van der Waals surface area contributed by atoms with Gasteiger partial charge in [0.05, 0.1) is 12.6 Å². The van der Waals surface area contributed by atoms with Crippen molar-refractivity contribution >= 4 is 23.7 Å². The van der Waals surface area contributed by atoms with Gasteiger partial charge in [-0.2, -0.15) is 0 Å². The van der Waals surface area contributed by atoms with Gasteiger partial charge in [0.1, 0.15) is 30.4 Å². The Morgan fingerprint density at radius 1 is 0.829 bits per heavy atom. The largest absolute Gasteiger partial charge is 0.480 e. The lowest BCUT2D eigenvalue weighted by molar-refractivity contribution is -0.253. The van der Waals surface area contributed by atoms with Crippen molar-refractivity contribution in [3.05, 3.63) is 24.3 Å². The van der Waals surface area contributed by atoms with Crippen LogP contribution < -0.4 is 27.4 Å². The van der Waals surface area contributed by atoms with Crippen LogP contribution in [-0.4, -0.2) is 112 Å². The number of ether oxygens (including phenoxy) is 1. The van der Waals surface area contributed by atoms with E-state index >= 15 is 0 Å². The molecule has 41 heavy (non-hydrogen) atoms. The maximum absolute atomic E-state index is 12.1. The lowest BCUT2D eigenvalue weighted by Gasteiger charge is -2.40. The second kappa shape index (κ2) is 20.0. The number of carbonyl (C=O) groups excluding carboxylic acids is 3. The minimum Gasteiger partial charge on any atom is -0.480 e. The standard InChI is InChI=1S/C16H29N3O7.C10H18N2O3/c1-8(2)14(23)18-6-4-3-5-9(17)15(24)19-11-13(22)12(21)10(7-20)26-16(11)25;1-7(2)9(13)12-6-4-3-5-8(11)10(14)15/h9-13,16,20-22,25H,1,3-7,17H2,2H3,(H,18,23)(H,19,24);8H,1,3-6,11H2,2H3,(H,12,13)(H,14,15)/t9?,10-,11-,12-,13-,16?;/m1./s1. The van der Waals surface area contributed by atoms with E-state index in [4.69, 9.17) is 26.4 Å². The van der Waals surface area contributed by atoms with Gasteiger partial charge in [-0.3, -0.25) is 19.2 Å². The van der Waals surface area contributed by atoms with Gasteiger partial charge >= 0.3 is 5.97 Å². The summed E-state index contributed by atoms with van der Waals surface area (Å²) in [5.74, 6) is -2.00. The Kier molecular flexibility index (Phi) is 18.6. The molecule has 1 heterocycles. The normalized spacial score (nSPS) is 23.2. The number of amides is 3. The molecule has 0 aromatic heterocycles. The molecule has 1 aliphatic heterocycles. The predicted molar refractivity (Wildman–Crippen MR) is 149 cm³/mol. The van der Waals surface area contributed by atoms with Gasteiger partial charge in [0.2, 0.25) is 17.7 Å². The SMILES string of the molecule is C=C(C)C(=O)NCCCCC(N)C(=O)N[C@H]1C(O)O[C@H](CO)[C@@H](O)[C@@H]1O.C=C(C)C(=O)NCCCCC(N)C(=O)O. The Morgan fingerprint density at radius 3 is 1.71 bits per heavy atom. The number of hydrogen-bond donors (Lipinski definition) is 10. The van der Waals surface area contributed by atoms with Crippen LogP contribution >= 0.6 is 0 Å². The number of aliphatic hydroxyl groups is 4. The summed E-state index contributed by atoms with van der Waals surface area (Å²) in [6, 6.07) is -2.96. The Balaban J connectivity index is 0.000000909. The summed E-state index contributed by atoms with van der Waals surface area (Å²) in [4.78, 5) is 44.8. The van der Waals surface area contributed by atoms with Crippen molar-refractivity contribution in [2.24, 2.45) is 11.5 Å². The van der Waals surface area contributed by atoms with Crippen LogP contribution in [0.3, 0.4) is 0 Å². The van der Waals surface area contributed by atoms with Crippen molar-refractivity contribution in [2.75, 3.05) is 19.7 Å². The molecule has 0 aromatic rings. The average Bonchev–Trinajstić information content (AvgIpc) is 2.91.